The molecule has 2 fully saturated rings. The number of rotatable bonds is 36. The molecule has 2 aromatic carbocycles. The van der Waals surface area contributed by atoms with Gasteiger partial charge in [0, 0.05) is 98.9 Å². The van der Waals surface area contributed by atoms with E-state index in [4.69, 9.17) is 23.7 Å². The first kappa shape index (κ1) is 54.5. The van der Waals surface area contributed by atoms with E-state index in [-0.39, 0.29) is 48.2 Å². The first-order valence-corrected chi connectivity index (χ1v) is 24.8. The number of hydrogen-bond donors (Lipinski definition) is 8. The zero-order valence-electron chi connectivity index (χ0n) is 39.3. The van der Waals surface area contributed by atoms with Gasteiger partial charge in [-0.2, -0.15) is 16.7 Å². The third kappa shape index (κ3) is 22.3. The normalized spacial score (nSPS) is 16.0. The van der Waals surface area contributed by atoms with Crippen molar-refractivity contribution in [3.63, 3.8) is 0 Å². The Kier molecular flexibility index (Phi) is 25.6. The molecule has 4 amide bonds. The largest absolute Gasteiger partial charge is 0.491 e. The Morgan fingerprint density at radius 3 is 1.94 bits per heavy atom. The number of ether oxygens (including phenoxy) is 5. The number of hydrogen-bond acceptors (Lipinski definition) is 16. The van der Waals surface area contributed by atoms with E-state index < -0.39 is 5.82 Å². The lowest BCUT2D eigenvalue weighted by atomic mass is 10.0. The van der Waals surface area contributed by atoms with E-state index >= 15 is 0 Å². The van der Waals surface area contributed by atoms with Gasteiger partial charge in [0.05, 0.1) is 45.8 Å². The molecule has 21 heteroatoms. The van der Waals surface area contributed by atoms with Crippen molar-refractivity contribution in [2.45, 2.75) is 75.1 Å². The quantitative estimate of drug-likeness (QED) is 0.0295. The van der Waals surface area contributed by atoms with Crippen molar-refractivity contribution in [1.29, 1.82) is 0 Å². The number of benzene rings is 2. The van der Waals surface area contributed by atoms with Crippen LogP contribution >= 0.6 is 11.8 Å². The lowest BCUT2D eigenvalue weighted by molar-refractivity contribution is -0.123. The highest BCUT2D eigenvalue weighted by Gasteiger charge is 2.38. The van der Waals surface area contributed by atoms with Crippen LogP contribution in [-0.4, -0.2) is 142 Å². The molecule has 0 unspecified atom stereocenters. The van der Waals surface area contributed by atoms with Gasteiger partial charge in [0.15, 0.2) is 11.6 Å². The summed E-state index contributed by atoms with van der Waals surface area (Å²) in [6, 6.07) is 14.9. The van der Waals surface area contributed by atoms with Gasteiger partial charge in [0.2, 0.25) is 29.6 Å². The molecule has 0 saturated carbocycles. The van der Waals surface area contributed by atoms with Crippen molar-refractivity contribution in [3.8, 4) is 5.75 Å². The Labute approximate surface area is 408 Å². The minimum atomic E-state index is -0.637. The van der Waals surface area contributed by atoms with Gasteiger partial charge in [0.1, 0.15) is 12.4 Å². The SMILES string of the molecule is C=CC(=O)Nc1ccc(Nc2nc(Nc3ccc(OCCOCCNC(=O)CCCC(=O)NCCCOCCOCCOCCCNC(=O)CCCC[C@@H]4SC[C@@H]5NCN[C@@H]54)cc3)ncc2F)cc1. The Morgan fingerprint density at radius 2 is 1.26 bits per heavy atom. The van der Waals surface area contributed by atoms with Crippen LogP contribution in [0.25, 0.3) is 0 Å². The Hall–Kier alpha value is -5.42. The van der Waals surface area contributed by atoms with Gasteiger partial charge >= 0.3 is 0 Å². The van der Waals surface area contributed by atoms with Crippen molar-refractivity contribution < 1.29 is 47.3 Å². The van der Waals surface area contributed by atoms with Gasteiger partial charge in [-0.3, -0.25) is 29.8 Å². The first-order valence-electron chi connectivity index (χ1n) is 23.8. The molecule has 8 N–H and O–H groups in total. The van der Waals surface area contributed by atoms with Crippen molar-refractivity contribution in [2.24, 2.45) is 0 Å². The summed E-state index contributed by atoms with van der Waals surface area (Å²) >= 11 is 2.04. The van der Waals surface area contributed by atoms with Gasteiger partial charge in [0.25, 0.3) is 0 Å². The molecule has 2 saturated heterocycles. The number of anilines is 5. The molecule has 1 aromatic heterocycles. The van der Waals surface area contributed by atoms with E-state index in [0.29, 0.717) is 139 Å². The number of carbonyl (C=O) groups excluding carboxylic acids is 4. The zero-order chi connectivity index (χ0) is 48.7. The van der Waals surface area contributed by atoms with Crippen LogP contribution in [0.2, 0.25) is 0 Å². The smallest absolute Gasteiger partial charge is 0.247 e. The highest BCUT2D eigenvalue weighted by molar-refractivity contribution is 8.00. The fraction of sp³-hybridized carbons (Fsp3) is 0.542. The van der Waals surface area contributed by atoms with E-state index in [2.05, 4.69) is 59.1 Å². The maximum atomic E-state index is 14.5. The molecular weight excluding hydrogens is 912 g/mol. The van der Waals surface area contributed by atoms with E-state index in [0.717, 1.165) is 38.5 Å². The Morgan fingerprint density at radius 1 is 0.681 bits per heavy atom. The fourth-order valence-electron chi connectivity index (χ4n) is 7.20. The summed E-state index contributed by atoms with van der Waals surface area (Å²) < 4.78 is 42.5. The zero-order valence-corrected chi connectivity index (χ0v) is 40.1. The van der Waals surface area contributed by atoms with Crippen LogP contribution in [0, 0.1) is 5.82 Å². The standard InChI is InChI=1S/C48H69FN10O9S/c1-2-42(60)56-35-12-14-36(15-13-35)57-47-39(49)32-53-48(59-47)58-37-16-18-38(19-17-37)68-31-30-66-25-22-52-45(63)11-5-10-44(62)51-21-7-24-65-27-29-67-28-26-64-23-6-20-50-43(61)9-4-3-8-41-46-40(33-69-41)54-34-55-46/h2,12-19,32,40-41,46,54-55H,1,3-11,20-31,33-34H2,(H,50,61)(H,51,62)(H,52,63)(H,56,60)(H2,53,57,58,59)/t40-,41-,46-/m0/s1. The summed E-state index contributed by atoms with van der Waals surface area (Å²) in [7, 11) is 0. The Bertz CT molecular complexity index is 2010. The first-order chi connectivity index (χ1) is 33.7. The number of carbonyl (C=O) groups is 4. The maximum absolute atomic E-state index is 14.5. The van der Waals surface area contributed by atoms with Gasteiger partial charge in [-0.1, -0.05) is 13.0 Å². The average Bonchev–Trinajstić information content (AvgIpc) is 3.98. The summed E-state index contributed by atoms with van der Waals surface area (Å²) in [6.07, 6.45) is 8.36. The number of aromatic nitrogens is 2. The molecule has 19 nitrogen and oxygen atoms in total. The van der Waals surface area contributed by atoms with Crippen LogP contribution in [0.15, 0.2) is 67.4 Å². The second-order valence-corrected chi connectivity index (χ2v) is 17.5. The topological polar surface area (TPSA) is 236 Å². The number of thioether (sulfide) groups is 1. The van der Waals surface area contributed by atoms with Crippen LogP contribution in [-0.2, 0) is 38.1 Å². The van der Waals surface area contributed by atoms with Crippen molar-refractivity contribution in [1.82, 2.24) is 36.6 Å². The molecule has 69 heavy (non-hydrogen) atoms. The fourth-order valence-corrected chi connectivity index (χ4v) is 8.81. The molecule has 5 rings (SSSR count). The predicted octanol–water partition coefficient (Wildman–Crippen LogP) is 4.54. The number of unbranched alkanes of at least 4 members (excludes halogenated alkanes) is 1. The second-order valence-electron chi connectivity index (χ2n) is 16.2. The molecule has 0 spiro atoms. The van der Waals surface area contributed by atoms with Gasteiger partial charge in [-0.15, -0.1) is 0 Å². The monoisotopic (exact) mass is 980 g/mol. The predicted molar refractivity (Wildman–Crippen MR) is 265 cm³/mol. The molecule has 0 aliphatic carbocycles. The van der Waals surface area contributed by atoms with Crippen LogP contribution in [0.3, 0.4) is 0 Å². The van der Waals surface area contributed by atoms with E-state index in [9.17, 15) is 23.6 Å². The van der Waals surface area contributed by atoms with E-state index in [1.54, 1.807) is 48.5 Å². The molecule has 0 bridgehead atoms. The second kappa shape index (κ2) is 32.4. The van der Waals surface area contributed by atoms with E-state index in [1.165, 1.54) is 11.8 Å². The lowest BCUT2D eigenvalue weighted by Crippen LogP contribution is -2.36. The highest BCUT2D eigenvalue weighted by Crippen LogP contribution is 2.33. The molecule has 3 atom stereocenters. The lowest BCUT2D eigenvalue weighted by Gasteiger charge is -2.17. The maximum Gasteiger partial charge on any atom is 0.247 e. The molecule has 378 valence electrons. The summed E-state index contributed by atoms with van der Waals surface area (Å²) in [6.45, 7) is 9.65. The van der Waals surface area contributed by atoms with Crippen molar-refractivity contribution in [2.75, 3.05) is 107 Å². The van der Waals surface area contributed by atoms with Gasteiger partial charge in [-0.25, -0.2) is 9.37 Å². The third-order valence-corrected chi connectivity index (χ3v) is 12.3. The van der Waals surface area contributed by atoms with Crippen LogP contribution in [0.4, 0.5) is 33.2 Å². The number of halogens is 1. The summed E-state index contributed by atoms with van der Waals surface area (Å²) in [5, 5.41) is 24.9. The number of fused-ring (bicyclic) bond motifs is 1. The molecular formula is C48H69FN10O9S. The van der Waals surface area contributed by atoms with Crippen LogP contribution < -0.4 is 47.3 Å². The highest BCUT2D eigenvalue weighted by atomic mass is 32.2. The average molecular weight is 981 g/mol. The van der Waals surface area contributed by atoms with Crippen molar-refractivity contribution >= 4 is 64.2 Å². The van der Waals surface area contributed by atoms with Crippen molar-refractivity contribution in [3.05, 3.63) is 73.2 Å². The summed E-state index contributed by atoms with van der Waals surface area (Å²) in [5.41, 5.74) is 1.79. The van der Waals surface area contributed by atoms with Gasteiger partial charge in [-0.05, 0) is 86.7 Å². The summed E-state index contributed by atoms with van der Waals surface area (Å²) in [4.78, 5) is 56.2. The minimum absolute atomic E-state index is 0.0263. The van der Waals surface area contributed by atoms with Gasteiger partial charge < -0.3 is 55.6 Å². The molecule has 3 aromatic rings. The minimum Gasteiger partial charge on any atom is -0.491 e. The number of amides is 4. The summed E-state index contributed by atoms with van der Waals surface area (Å²) in [5.74, 6) is 0.837. The molecule has 3 heterocycles. The molecule has 2 aliphatic rings. The van der Waals surface area contributed by atoms with E-state index in [1.807, 2.05) is 11.8 Å². The Balaban J connectivity index is 0.749. The molecule has 0 radical (unpaired) electrons. The molecule has 2 aliphatic heterocycles. The van der Waals surface area contributed by atoms with Crippen LogP contribution in [0.1, 0.15) is 57.8 Å². The third-order valence-electron chi connectivity index (χ3n) is 10.8. The number of nitrogens with one attached hydrogen (secondary N) is 8. The van der Waals surface area contributed by atoms with Crippen LogP contribution in [0.5, 0.6) is 5.75 Å². The number of nitrogens with zero attached hydrogens (tertiary/aromatic N) is 2.